The molecule has 0 bridgehead atoms. The lowest BCUT2D eigenvalue weighted by atomic mass is 10.1. The molecule has 1 heterocycles. The molecule has 0 spiro atoms. The summed E-state index contributed by atoms with van der Waals surface area (Å²) in [7, 11) is -3.34. The fourth-order valence-electron chi connectivity index (χ4n) is 3.17. The van der Waals surface area contributed by atoms with Crippen LogP contribution in [0.3, 0.4) is 0 Å². The summed E-state index contributed by atoms with van der Waals surface area (Å²) in [5.74, 6) is 0.735. The molecule has 0 aromatic heterocycles. The summed E-state index contributed by atoms with van der Waals surface area (Å²) >= 11 is 0. The Kier molecular flexibility index (Phi) is 7.46. The summed E-state index contributed by atoms with van der Waals surface area (Å²) < 4.78 is 31.6. The van der Waals surface area contributed by atoms with Crippen LogP contribution in [0, 0.1) is 0 Å². The van der Waals surface area contributed by atoms with Gasteiger partial charge < -0.3 is 10.1 Å². The second-order valence-corrected chi connectivity index (χ2v) is 8.98. The van der Waals surface area contributed by atoms with Crippen LogP contribution in [0.25, 0.3) is 0 Å². The quantitative estimate of drug-likeness (QED) is 0.711. The third-order valence-electron chi connectivity index (χ3n) is 4.33. The average molecular weight is 383 g/mol. The van der Waals surface area contributed by atoms with Gasteiger partial charge in [0.2, 0.25) is 15.9 Å². The molecule has 1 saturated heterocycles. The van der Waals surface area contributed by atoms with Crippen molar-refractivity contribution in [2.24, 2.45) is 0 Å². The molecule has 6 nitrogen and oxygen atoms in total. The fraction of sp³-hybridized carbons (Fsp3) is 0.632. The van der Waals surface area contributed by atoms with Crippen LogP contribution in [0.4, 0.5) is 0 Å². The number of nitrogens with one attached hydrogen (secondary N) is 1. The van der Waals surface area contributed by atoms with Crippen molar-refractivity contribution in [3.05, 3.63) is 29.8 Å². The van der Waals surface area contributed by atoms with E-state index in [2.05, 4.69) is 5.32 Å². The summed E-state index contributed by atoms with van der Waals surface area (Å²) in [4.78, 5) is 12.4. The first-order chi connectivity index (χ1) is 12.3. The topological polar surface area (TPSA) is 75.7 Å². The molecule has 0 saturated carbocycles. The summed E-state index contributed by atoms with van der Waals surface area (Å²) in [5, 5.41) is 2.89. The Balaban J connectivity index is 1.84. The maximum Gasteiger partial charge on any atom is 0.238 e. The van der Waals surface area contributed by atoms with Crippen molar-refractivity contribution in [2.45, 2.75) is 58.6 Å². The highest BCUT2D eigenvalue weighted by Gasteiger charge is 2.37. The number of carbonyl (C=O) groups is 1. The van der Waals surface area contributed by atoms with Crippen LogP contribution in [-0.2, 0) is 21.2 Å². The van der Waals surface area contributed by atoms with Crippen molar-refractivity contribution in [1.82, 2.24) is 9.62 Å². The van der Waals surface area contributed by atoms with Gasteiger partial charge in [-0.3, -0.25) is 4.79 Å². The van der Waals surface area contributed by atoms with Crippen molar-refractivity contribution >= 4 is 15.9 Å². The van der Waals surface area contributed by atoms with E-state index in [-0.39, 0.29) is 17.8 Å². The van der Waals surface area contributed by atoms with E-state index in [1.807, 2.05) is 45.0 Å². The van der Waals surface area contributed by atoms with Gasteiger partial charge in [0.1, 0.15) is 11.8 Å². The molecule has 1 atom stereocenters. The Hall–Kier alpha value is -1.60. The third kappa shape index (κ3) is 5.71. The monoisotopic (exact) mass is 382 g/mol. The highest BCUT2D eigenvalue weighted by molar-refractivity contribution is 7.89. The van der Waals surface area contributed by atoms with E-state index in [4.69, 9.17) is 4.74 Å². The number of nitrogens with zero attached hydrogens (tertiary/aromatic N) is 1. The largest absolute Gasteiger partial charge is 0.491 e. The fourth-order valence-corrected chi connectivity index (χ4v) is 4.91. The smallest absolute Gasteiger partial charge is 0.238 e. The van der Waals surface area contributed by atoms with Gasteiger partial charge in [0.25, 0.3) is 0 Å². The minimum atomic E-state index is -3.34. The molecule has 2 rings (SSSR count). The third-order valence-corrected chi connectivity index (χ3v) is 6.41. The molecule has 26 heavy (non-hydrogen) atoms. The number of hydrogen-bond donors (Lipinski definition) is 1. The Labute approximate surface area is 157 Å². The van der Waals surface area contributed by atoms with Crippen molar-refractivity contribution in [3.8, 4) is 5.75 Å². The predicted molar refractivity (Wildman–Crippen MR) is 103 cm³/mol. The Morgan fingerprint density at radius 3 is 2.62 bits per heavy atom. The molecular weight excluding hydrogens is 352 g/mol. The maximum atomic E-state index is 12.4. The van der Waals surface area contributed by atoms with Gasteiger partial charge in [-0.15, -0.1) is 0 Å². The first-order valence-corrected chi connectivity index (χ1v) is 11.0. The number of rotatable bonds is 9. The predicted octanol–water partition coefficient (Wildman–Crippen LogP) is 2.34. The number of carbonyl (C=O) groups excluding carboxylic acids is 1. The highest BCUT2D eigenvalue weighted by atomic mass is 32.2. The lowest BCUT2D eigenvalue weighted by Gasteiger charge is -2.23. The van der Waals surface area contributed by atoms with E-state index in [0.29, 0.717) is 32.4 Å². The highest BCUT2D eigenvalue weighted by Crippen LogP contribution is 2.22. The van der Waals surface area contributed by atoms with Crippen LogP contribution >= 0.6 is 0 Å². The van der Waals surface area contributed by atoms with E-state index >= 15 is 0 Å². The van der Waals surface area contributed by atoms with E-state index in [1.165, 1.54) is 4.31 Å². The molecule has 1 N–H and O–H groups in total. The zero-order chi connectivity index (χ0) is 19.2. The van der Waals surface area contributed by atoms with Crippen molar-refractivity contribution in [2.75, 3.05) is 18.8 Å². The molecule has 7 heteroatoms. The normalized spacial score (nSPS) is 18.2. The molecule has 1 amide bonds. The van der Waals surface area contributed by atoms with Gasteiger partial charge in [0.15, 0.2) is 0 Å². The SMILES string of the molecule is CCCS(=O)(=O)N1CCCC1C(=O)NCCc1ccc(OC(C)C)cc1. The summed E-state index contributed by atoms with van der Waals surface area (Å²) in [6.45, 7) is 6.73. The van der Waals surface area contributed by atoms with E-state index < -0.39 is 16.1 Å². The van der Waals surface area contributed by atoms with Gasteiger partial charge in [0.05, 0.1) is 11.9 Å². The number of amides is 1. The minimum absolute atomic E-state index is 0.0988. The molecule has 146 valence electrons. The zero-order valence-electron chi connectivity index (χ0n) is 15.9. The Morgan fingerprint density at radius 2 is 2.00 bits per heavy atom. The molecule has 1 aromatic rings. The first-order valence-electron chi connectivity index (χ1n) is 9.36. The molecule has 1 unspecified atom stereocenters. The van der Waals surface area contributed by atoms with Crippen molar-refractivity contribution < 1.29 is 17.9 Å². The molecular formula is C19H30N2O4S. The van der Waals surface area contributed by atoms with Gasteiger partial charge in [0, 0.05) is 13.1 Å². The molecule has 1 fully saturated rings. The van der Waals surface area contributed by atoms with Crippen LogP contribution in [0.15, 0.2) is 24.3 Å². The number of benzene rings is 1. The van der Waals surface area contributed by atoms with E-state index in [0.717, 1.165) is 17.7 Å². The second kappa shape index (κ2) is 9.37. The van der Waals surface area contributed by atoms with Crippen LogP contribution in [-0.4, -0.2) is 49.6 Å². The maximum absolute atomic E-state index is 12.4. The van der Waals surface area contributed by atoms with E-state index in [9.17, 15) is 13.2 Å². The second-order valence-electron chi connectivity index (χ2n) is 6.94. The number of sulfonamides is 1. The molecule has 0 aliphatic carbocycles. The van der Waals surface area contributed by atoms with Crippen molar-refractivity contribution in [1.29, 1.82) is 0 Å². The van der Waals surface area contributed by atoms with Crippen molar-refractivity contribution in [3.63, 3.8) is 0 Å². The Morgan fingerprint density at radius 1 is 1.31 bits per heavy atom. The summed E-state index contributed by atoms with van der Waals surface area (Å²) in [6, 6.07) is 7.25. The minimum Gasteiger partial charge on any atom is -0.491 e. The summed E-state index contributed by atoms with van der Waals surface area (Å²) in [5.41, 5.74) is 1.10. The first kappa shape index (κ1) is 20.7. The molecule has 1 aromatic carbocycles. The van der Waals surface area contributed by atoms with Gasteiger partial charge in [-0.1, -0.05) is 19.1 Å². The molecule has 1 aliphatic rings. The van der Waals surface area contributed by atoms with Crippen LogP contribution in [0.5, 0.6) is 5.75 Å². The van der Waals surface area contributed by atoms with Gasteiger partial charge >= 0.3 is 0 Å². The van der Waals surface area contributed by atoms with Gasteiger partial charge in [-0.2, -0.15) is 4.31 Å². The van der Waals surface area contributed by atoms with Crippen LogP contribution < -0.4 is 10.1 Å². The number of ether oxygens (including phenoxy) is 1. The number of hydrogen-bond acceptors (Lipinski definition) is 4. The van der Waals surface area contributed by atoms with Crippen LogP contribution in [0.2, 0.25) is 0 Å². The van der Waals surface area contributed by atoms with Gasteiger partial charge in [-0.05, 0) is 57.2 Å². The lowest BCUT2D eigenvalue weighted by Crippen LogP contribution is -2.46. The summed E-state index contributed by atoms with van der Waals surface area (Å²) in [6.07, 6.45) is 2.72. The Bertz CT molecular complexity index is 686. The average Bonchev–Trinajstić information content (AvgIpc) is 3.06. The lowest BCUT2D eigenvalue weighted by molar-refractivity contribution is -0.124. The van der Waals surface area contributed by atoms with Gasteiger partial charge in [-0.25, -0.2) is 8.42 Å². The zero-order valence-corrected chi connectivity index (χ0v) is 16.7. The van der Waals surface area contributed by atoms with E-state index in [1.54, 1.807) is 0 Å². The van der Waals surface area contributed by atoms with Crippen LogP contribution in [0.1, 0.15) is 45.6 Å². The molecule has 0 radical (unpaired) electrons. The standard InChI is InChI=1S/C19H30N2O4S/c1-4-14-26(23,24)21-13-5-6-18(21)19(22)20-12-11-16-7-9-17(10-8-16)25-15(2)3/h7-10,15,18H,4-6,11-14H2,1-3H3,(H,20,22). The molecule has 1 aliphatic heterocycles.